The van der Waals surface area contributed by atoms with Gasteiger partial charge >= 0.3 is 0 Å². The average Bonchev–Trinajstić information content (AvgIpc) is 2.86. The number of hydrogen-bond donors (Lipinski definition) is 1. The summed E-state index contributed by atoms with van der Waals surface area (Å²) in [4.78, 5) is 0. The Bertz CT molecular complexity index is 236. The lowest BCUT2D eigenvalue weighted by Crippen LogP contribution is -2.36. The van der Waals surface area contributed by atoms with E-state index in [0.29, 0.717) is 0 Å². The van der Waals surface area contributed by atoms with E-state index in [2.05, 4.69) is 25.7 Å². The first-order chi connectivity index (χ1) is 7.70. The van der Waals surface area contributed by atoms with Crippen molar-refractivity contribution in [3.63, 3.8) is 0 Å². The van der Waals surface area contributed by atoms with E-state index >= 15 is 0 Å². The first-order valence-corrected chi connectivity index (χ1v) is 7.08. The van der Waals surface area contributed by atoms with Crippen molar-refractivity contribution in [1.82, 2.24) is 5.32 Å². The molecule has 3 unspecified atom stereocenters. The van der Waals surface area contributed by atoms with Gasteiger partial charge in [-0.15, -0.1) is 6.58 Å². The molecule has 16 heavy (non-hydrogen) atoms. The molecule has 2 aliphatic rings. The zero-order valence-electron chi connectivity index (χ0n) is 11.0. The zero-order chi connectivity index (χ0) is 11.5. The van der Waals surface area contributed by atoms with Crippen LogP contribution in [-0.4, -0.2) is 12.6 Å². The second-order valence-corrected chi connectivity index (χ2v) is 6.04. The van der Waals surface area contributed by atoms with Gasteiger partial charge in [0.05, 0.1) is 0 Å². The summed E-state index contributed by atoms with van der Waals surface area (Å²) >= 11 is 0. The molecular formula is C15H27N. The van der Waals surface area contributed by atoms with Crippen molar-refractivity contribution in [2.75, 3.05) is 6.54 Å². The molecular weight excluding hydrogens is 194 g/mol. The van der Waals surface area contributed by atoms with Crippen molar-refractivity contribution in [1.29, 1.82) is 0 Å². The SMILES string of the molecule is C=C(C)CCC(NCCC)C1CC2CC2C1. The monoisotopic (exact) mass is 221 g/mol. The summed E-state index contributed by atoms with van der Waals surface area (Å²) in [7, 11) is 0. The number of rotatable bonds is 7. The van der Waals surface area contributed by atoms with Crippen molar-refractivity contribution in [3.8, 4) is 0 Å². The third kappa shape index (κ3) is 3.10. The van der Waals surface area contributed by atoms with Crippen LogP contribution in [0.2, 0.25) is 0 Å². The Morgan fingerprint density at radius 2 is 2.00 bits per heavy atom. The van der Waals surface area contributed by atoms with Crippen LogP contribution in [0.5, 0.6) is 0 Å². The molecule has 0 aromatic carbocycles. The van der Waals surface area contributed by atoms with Gasteiger partial charge in [0.2, 0.25) is 0 Å². The van der Waals surface area contributed by atoms with Crippen LogP contribution in [0, 0.1) is 17.8 Å². The van der Waals surface area contributed by atoms with E-state index in [-0.39, 0.29) is 0 Å². The molecule has 0 aromatic rings. The van der Waals surface area contributed by atoms with E-state index < -0.39 is 0 Å². The number of fused-ring (bicyclic) bond motifs is 1. The number of allylic oxidation sites excluding steroid dienone is 1. The van der Waals surface area contributed by atoms with Gasteiger partial charge in [-0.25, -0.2) is 0 Å². The lowest BCUT2D eigenvalue weighted by Gasteiger charge is -2.26. The minimum absolute atomic E-state index is 0.768. The van der Waals surface area contributed by atoms with Gasteiger partial charge in [-0.3, -0.25) is 0 Å². The van der Waals surface area contributed by atoms with Crippen LogP contribution >= 0.6 is 0 Å². The van der Waals surface area contributed by atoms with E-state index in [4.69, 9.17) is 0 Å². The van der Waals surface area contributed by atoms with Gasteiger partial charge in [0.25, 0.3) is 0 Å². The summed E-state index contributed by atoms with van der Waals surface area (Å²) in [5.74, 6) is 3.19. The van der Waals surface area contributed by atoms with Crippen molar-refractivity contribution in [2.45, 2.75) is 58.4 Å². The van der Waals surface area contributed by atoms with Crippen LogP contribution in [-0.2, 0) is 0 Å². The second kappa shape index (κ2) is 5.35. The van der Waals surface area contributed by atoms with Gasteiger partial charge in [0, 0.05) is 6.04 Å². The fourth-order valence-electron chi connectivity index (χ4n) is 3.33. The van der Waals surface area contributed by atoms with E-state index in [1.807, 2.05) is 0 Å². The summed E-state index contributed by atoms with van der Waals surface area (Å²) < 4.78 is 0. The van der Waals surface area contributed by atoms with Gasteiger partial charge in [-0.1, -0.05) is 12.5 Å². The molecule has 0 heterocycles. The Kier molecular flexibility index (Phi) is 4.07. The van der Waals surface area contributed by atoms with Crippen molar-refractivity contribution in [2.24, 2.45) is 17.8 Å². The minimum Gasteiger partial charge on any atom is -0.314 e. The van der Waals surface area contributed by atoms with Crippen molar-refractivity contribution in [3.05, 3.63) is 12.2 Å². The highest BCUT2D eigenvalue weighted by Crippen LogP contribution is 2.55. The summed E-state index contributed by atoms with van der Waals surface area (Å²) in [5.41, 5.74) is 1.34. The van der Waals surface area contributed by atoms with E-state index in [9.17, 15) is 0 Å². The van der Waals surface area contributed by atoms with Gasteiger partial charge in [-0.2, -0.15) is 0 Å². The predicted octanol–water partition coefficient (Wildman–Crippen LogP) is 3.76. The van der Waals surface area contributed by atoms with E-state index in [1.54, 1.807) is 0 Å². The summed E-state index contributed by atoms with van der Waals surface area (Å²) in [6.45, 7) is 9.63. The van der Waals surface area contributed by atoms with Crippen LogP contribution < -0.4 is 5.32 Å². The molecule has 1 heteroatoms. The molecule has 0 aromatic heterocycles. The normalized spacial score (nSPS) is 33.5. The first kappa shape index (κ1) is 12.2. The highest BCUT2D eigenvalue weighted by molar-refractivity contribution is 5.00. The number of nitrogens with one attached hydrogen (secondary N) is 1. The fourth-order valence-corrected chi connectivity index (χ4v) is 3.33. The molecule has 0 aliphatic heterocycles. The summed E-state index contributed by atoms with van der Waals surface area (Å²) in [5, 5.41) is 3.77. The van der Waals surface area contributed by atoms with Gasteiger partial charge in [0.1, 0.15) is 0 Å². The van der Waals surface area contributed by atoms with Crippen LogP contribution in [0.3, 0.4) is 0 Å². The Balaban J connectivity index is 1.78. The molecule has 92 valence electrons. The van der Waals surface area contributed by atoms with E-state index in [1.165, 1.54) is 50.6 Å². The Labute approximate surface area is 101 Å². The molecule has 0 amide bonds. The highest BCUT2D eigenvalue weighted by atomic mass is 14.9. The molecule has 0 bridgehead atoms. The quantitative estimate of drug-likeness (QED) is 0.646. The summed E-state index contributed by atoms with van der Waals surface area (Å²) in [6.07, 6.45) is 8.30. The highest BCUT2D eigenvalue weighted by Gasteiger charge is 2.47. The van der Waals surface area contributed by atoms with Gasteiger partial charge in [0.15, 0.2) is 0 Å². The average molecular weight is 221 g/mol. The van der Waals surface area contributed by atoms with Gasteiger partial charge < -0.3 is 5.32 Å². The molecule has 2 fully saturated rings. The zero-order valence-corrected chi connectivity index (χ0v) is 11.0. The topological polar surface area (TPSA) is 12.0 Å². The first-order valence-electron chi connectivity index (χ1n) is 7.08. The summed E-state index contributed by atoms with van der Waals surface area (Å²) in [6, 6.07) is 0.768. The molecule has 2 saturated carbocycles. The predicted molar refractivity (Wildman–Crippen MR) is 70.5 cm³/mol. The largest absolute Gasteiger partial charge is 0.314 e. The third-order valence-corrected chi connectivity index (χ3v) is 4.39. The minimum atomic E-state index is 0.768. The lowest BCUT2D eigenvalue weighted by atomic mass is 9.90. The molecule has 0 saturated heterocycles. The second-order valence-electron chi connectivity index (χ2n) is 6.04. The fraction of sp³-hybridized carbons (Fsp3) is 0.867. The van der Waals surface area contributed by atoms with E-state index in [0.717, 1.165) is 23.8 Å². The smallest absolute Gasteiger partial charge is 0.00985 e. The van der Waals surface area contributed by atoms with Crippen LogP contribution in [0.15, 0.2) is 12.2 Å². The Morgan fingerprint density at radius 3 is 2.56 bits per heavy atom. The molecule has 2 aliphatic carbocycles. The molecule has 0 radical (unpaired) electrons. The van der Waals surface area contributed by atoms with Crippen LogP contribution in [0.4, 0.5) is 0 Å². The van der Waals surface area contributed by atoms with Gasteiger partial charge in [-0.05, 0) is 69.7 Å². The third-order valence-electron chi connectivity index (χ3n) is 4.39. The lowest BCUT2D eigenvalue weighted by molar-refractivity contribution is 0.318. The van der Waals surface area contributed by atoms with Crippen LogP contribution in [0.25, 0.3) is 0 Å². The van der Waals surface area contributed by atoms with Crippen molar-refractivity contribution >= 4 is 0 Å². The van der Waals surface area contributed by atoms with Crippen molar-refractivity contribution < 1.29 is 0 Å². The molecule has 1 nitrogen and oxygen atoms in total. The maximum atomic E-state index is 4.03. The molecule has 3 atom stereocenters. The molecule has 0 spiro atoms. The Morgan fingerprint density at radius 1 is 1.31 bits per heavy atom. The maximum Gasteiger partial charge on any atom is 0.00985 e. The number of hydrogen-bond acceptors (Lipinski definition) is 1. The molecule has 2 rings (SSSR count). The standard InChI is InChI=1S/C15H27N/c1-4-7-16-15(6-5-11(2)3)14-9-12-8-13(12)10-14/h12-16H,2,4-10H2,1,3H3. The Hall–Kier alpha value is -0.300. The molecule has 1 N–H and O–H groups in total. The maximum absolute atomic E-state index is 4.03. The van der Waals surface area contributed by atoms with Crippen LogP contribution in [0.1, 0.15) is 52.4 Å².